The number of hydrogen-bond donors (Lipinski definition) is 2. The molecular weight excluding hydrogens is 357 g/mol. The van der Waals surface area contributed by atoms with Gasteiger partial charge in [0.05, 0.1) is 5.56 Å². The predicted molar refractivity (Wildman–Crippen MR) is 67.4 cm³/mol. The molecule has 19 heavy (non-hydrogen) atoms. The molecule has 1 heterocycles. The van der Waals surface area contributed by atoms with E-state index in [2.05, 4.69) is 17.8 Å². The third-order valence-corrected chi connectivity index (χ3v) is 2.56. The number of aromatic nitrogens is 1. The number of nitrogens with zero attached hydrogens (tertiary/aromatic N) is 1. The number of halogens is 1. The number of hydrogen-bond acceptors (Lipinski definition) is 2. The lowest BCUT2D eigenvalue weighted by Crippen LogP contribution is -3.00. The summed E-state index contributed by atoms with van der Waals surface area (Å²) in [4.78, 5) is 23.0. The highest BCUT2D eigenvalue weighted by molar-refractivity contribution is 5.95. The van der Waals surface area contributed by atoms with Gasteiger partial charge >= 0.3 is 0 Å². The van der Waals surface area contributed by atoms with Gasteiger partial charge in [-0.1, -0.05) is 19.8 Å². The number of carbonyl (C=O) groups excluding carboxylic acids is 2. The minimum Gasteiger partial charge on any atom is -1.00 e. The van der Waals surface area contributed by atoms with Crippen molar-refractivity contribution in [3.05, 3.63) is 30.1 Å². The Morgan fingerprint density at radius 3 is 2.37 bits per heavy atom. The smallest absolute Gasteiger partial charge is 0.270 e. The first-order chi connectivity index (χ1) is 8.63. The van der Waals surface area contributed by atoms with Crippen LogP contribution in [0, 0.1) is 0 Å². The average molecular weight is 377 g/mol. The SMILES string of the molecule is CCCCCC(=O)NNC(=O)c1cc[n+](C)cc1.[I-]. The normalized spacial score (nSPS) is 9.37. The standard InChI is InChI=1S/C13H19N3O2.HI/c1-3-4-5-6-12(17)14-15-13(18)11-7-9-16(2)10-8-11;/h7-10,18H,3-6H2,1-2H3;1H. The molecule has 0 aliphatic carbocycles. The summed E-state index contributed by atoms with van der Waals surface area (Å²) in [5, 5.41) is 0. The summed E-state index contributed by atoms with van der Waals surface area (Å²) >= 11 is 0. The largest absolute Gasteiger partial charge is 1.00 e. The lowest BCUT2D eigenvalue weighted by atomic mass is 10.2. The molecule has 106 valence electrons. The van der Waals surface area contributed by atoms with E-state index >= 15 is 0 Å². The van der Waals surface area contributed by atoms with Gasteiger partial charge in [0.1, 0.15) is 7.05 Å². The molecule has 0 radical (unpaired) electrons. The van der Waals surface area contributed by atoms with Crippen LogP contribution < -0.4 is 39.4 Å². The first-order valence-corrected chi connectivity index (χ1v) is 6.18. The molecule has 0 aromatic carbocycles. The zero-order chi connectivity index (χ0) is 13.4. The van der Waals surface area contributed by atoms with Crippen LogP contribution in [0.2, 0.25) is 0 Å². The van der Waals surface area contributed by atoms with Crippen LogP contribution in [0.1, 0.15) is 43.0 Å². The summed E-state index contributed by atoms with van der Waals surface area (Å²) in [7, 11) is 1.87. The van der Waals surface area contributed by atoms with Gasteiger partial charge in [-0.3, -0.25) is 20.4 Å². The number of aryl methyl sites for hydroxylation is 1. The highest BCUT2D eigenvalue weighted by Crippen LogP contribution is 1.98. The van der Waals surface area contributed by atoms with Crippen molar-refractivity contribution in [2.24, 2.45) is 7.05 Å². The van der Waals surface area contributed by atoms with Crippen molar-refractivity contribution in [1.29, 1.82) is 0 Å². The maximum Gasteiger partial charge on any atom is 0.270 e. The van der Waals surface area contributed by atoms with Crippen LogP contribution >= 0.6 is 0 Å². The van der Waals surface area contributed by atoms with E-state index in [9.17, 15) is 9.59 Å². The third-order valence-electron chi connectivity index (χ3n) is 2.56. The molecule has 0 saturated heterocycles. The minimum absolute atomic E-state index is 0. The van der Waals surface area contributed by atoms with E-state index in [4.69, 9.17) is 0 Å². The van der Waals surface area contributed by atoms with Crippen molar-refractivity contribution < 1.29 is 38.1 Å². The summed E-state index contributed by atoms with van der Waals surface area (Å²) < 4.78 is 1.83. The number of hydrazine groups is 1. The van der Waals surface area contributed by atoms with Crippen molar-refractivity contribution in [3.8, 4) is 0 Å². The molecule has 5 nitrogen and oxygen atoms in total. The number of pyridine rings is 1. The number of amides is 2. The quantitative estimate of drug-likeness (QED) is 0.266. The Hall–Kier alpha value is -1.18. The molecule has 0 saturated carbocycles. The van der Waals surface area contributed by atoms with Crippen LogP contribution in [-0.4, -0.2) is 11.8 Å². The molecule has 0 fully saturated rings. The van der Waals surface area contributed by atoms with E-state index in [0.717, 1.165) is 19.3 Å². The molecule has 1 rings (SSSR count). The molecule has 2 amide bonds. The summed E-state index contributed by atoms with van der Waals surface area (Å²) in [5.41, 5.74) is 5.32. The molecule has 0 spiro atoms. The topological polar surface area (TPSA) is 62.1 Å². The Balaban J connectivity index is 0.00000324. The minimum atomic E-state index is -0.306. The van der Waals surface area contributed by atoms with Gasteiger partial charge in [0.2, 0.25) is 5.91 Å². The maximum atomic E-state index is 11.7. The number of rotatable bonds is 5. The molecule has 0 aliphatic heterocycles. The van der Waals surface area contributed by atoms with Crippen molar-refractivity contribution in [2.75, 3.05) is 0 Å². The number of unbranched alkanes of at least 4 members (excludes halogenated alkanes) is 2. The van der Waals surface area contributed by atoms with Crippen LogP contribution in [0.4, 0.5) is 0 Å². The molecule has 0 aliphatic rings. The lowest BCUT2D eigenvalue weighted by molar-refractivity contribution is -0.671. The van der Waals surface area contributed by atoms with Gasteiger partial charge in [-0.05, 0) is 6.42 Å². The zero-order valence-electron chi connectivity index (χ0n) is 11.3. The zero-order valence-corrected chi connectivity index (χ0v) is 13.4. The fourth-order valence-corrected chi connectivity index (χ4v) is 1.45. The molecule has 6 heteroatoms. The monoisotopic (exact) mass is 377 g/mol. The number of carbonyl (C=O) groups is 2. The van der Waals surface area contributed by atoms with Crippen molar-refractivity contribution in [3.63, 3.8) is 0 Å². The molecular formula is C13H20IN3O2. The Morgan fingerprint density at radius 2 is 1.79 bits per heavy atom. The van der Waals surface area contributed by atoms with Gasteiger partial charge in [-0.15, -0.1) is 0 Å². The van der Waals surface area contributed by atoms with Gasteiger partial charge in [-0.25, -0.2) is 4.57 Å². The Labute approximate surface area is 130 Å². The van der Waals surface area contributed by atoms with E-state index < -0.39 is 0 Å². The fraction of sp³-hybridized carbons (Fsp3) is 0.462. The molecule has 0 atom stereocenters. The average Bonchev–Trinajstić information content (AvgIpc) is 2.37. The van der Waals surface area contributed by atoms with E-state index in [1.54, 1.807) is 24.5 Å². The van der Waals surface area contributed by atoms with E-state index in [0.29, 0.717) is 12.0 Å². The summed E-state index contributed by atoms with van der Waals surface area (Å²) in [6.45, 7) is 2.08. The lowest BCUT2D eigenvalue weighted by Gasteiger charge is -2.06. The van der Waals surface area contributed by atoms with Crippen LogP contribution in [0.3, 0.4) is 0 Å². The maximum absolute atomic E-state index is 11.7. The van der Waals surface area contributed by atoms with Gasteiger partial charge in [0, 0.05) is 18.6 Å². The first kappa shape index (κ1) is 17.8. The number of nitrogens with one attached hydrogen (secondary N) is 2. The summed E-state index contributed by atoms with van der Waals surface area (Å²) in [6, 6.07) is 3.39. The molecule has 2 N–H and O–H groups in total. The first-order valence-electron chi connectivity index (χ1n) is 6.18. The summed E-state index contributed by atoms with van der Waals surface area (Å²) in [5.74, 6) is -0.460. The van der Waals surface area contributed by atoms with E-state index in [-0.39, 0.29) is 35.8 Å². The van der Waals surface area contributed by atoms with E-state index in [1.807, 2.05) is 11.6 Å². The van der Waals surface area contributed by atoms with E-state index in [1.165, 1.54) is 0 Å². The molecule has 1 aromatic heterocycles. The van der Waals surface area contributed by atoms with Gasteiger partial charge < -0.3 is 24.0 Å². The van der Waals surface area contributed by atoms with Crippen LogP contribution in [0.15, 0.2) is 24.5 Å². The van der Waals surface area contributed by atoms with Gasteiger partial charge in [0.25, 0.3) is 5.91 Å². The van der Waals surface area contributed by atoms with Crippen molar-refractivity contribution >= 4 is 11.8 Å². The second kappa shape index (κ2) is 9.71. The Kier molecular flexibility index (Phi) is 9.11. The predicted octanol–water partition coefficient (Wildman–Crippen LogP) is -2.14. The molecule has 1 aromatic rings. The van der Waals surface area contributed by atoms with Gasteiger partial charge in [-0.2, -0.15) is 0 Å². The Morgan fingerprint density at radius 1 is 1.16 bits per heavy atom. The van der Waals surface area contributed by atoms with Crippen molar-refractivity contribution in [1.82, 2.24) is 10.9 Å². The third kappa shape index (κ3) is 7.09. The summed E-state index contributed by atoms with van der Waals surface area (Å²) in [6.07, 6.45) is 6.93. The fourth-order valence-electron chi connectivity index (χ4n) is 1.45. The molecule has 0 bridgehead atoms. The second-order valence-electron chi connectivity index (χ2n) is 4.21. The van der Waals surface area contributed by atoms with Crippen LogP contribution in [0.25, 0.3) is 0 Å². The van der Waals surface area contributed by atoms with Crippen LogP contribution in [0.5, 0.6) is 0 Å². The Bertz CT molecular complexity index is 407. The molecule has 0 unspecified atom stereocenters. The van der Waals surface area contributed by atoms with Gasteiger partial charge in [0.15, 0.2) is 12.4 Å². The highest BCUT2D eigenvalue weighted by Gasteiger charge is 2.08. The highest BCUT2D eigenvalue weighted by atomic mass is 127. The second-order valence-corrected chi connectivity index (χ2v) is 4.21. The van der Waals surface area contributed by atoms with Crippen LogP contribution in [-0.2, 0) is 11.8 Å². The van der Waals surface area contributed by atoms with Crippen molar-refractivity contribution in [2.45, 2.75) is 32.6 Å².